The fraction of sp³-hybridized carbons (Fsp3) is 0.105. The van der Waals surface area contributed by atoms with Crippen molar-refractivity contribution in [3.05, 3.63) is 114 Å². The molecule has 20 heteroatoms. The zero-order chi connectivity index (χ0) is 43.4. The van der Waals surface area contributed by atoms with Crippen LogP contribution in [0.3, 0.4) is 0 Å². The smallest absolute Gasteiger partial charge is 0.192 e. The van der Waals surface area contributed by atoms with E-state index in [9.17, 15) is 94.8 Å². The van der Waals surface area contributed by atoms with Crippen LogP contribution < -0.4 is 0 Å². The van der Waals surface area contributed by atoms with E-state index in [4.69, 9.17) is 0 Å². The van der Waals surface area contributed by atoms with Crippen LogP contribution in [0.15, 0.2) is 47.5 Å². The summed E-state index contributed by atoms with van der Waals surface area (Å²) < 4.78 is 168. The Balaban J connectivity index is 2.14. The molecule has 58 heavy (non-hydrogen) atoms. The number of alkyl halides is 12. The molecule has 0 amide bonds. The molecule has 0 N–H and O–H groups in total. The Kier molecular flexibility index (Phi) is 9.71. The van der Waals surface area contributed by atoms with Crippen LogP contribution in [0.4, 0.5) is 52.7 Å². The first-order chi connectivity index (χ1) is 27.0. The summed E-state index contributed by atoms with van der Waals surface area (Å²) in [4.78, 5) is 0. The molecule has 0 saturated carbocycles. The third-order valence-electron chi connectivity index (χ3n) is 8.65. The Morgan fingerprint density at radius 3 is 0.828 bits per heavy atom. The van der Waals surface area contributed by atoms with Crippen LogP contribution in [0.2, 0.25) is 0 Å². The highest BCUT2D eigenvalue weighted by molar-refractivity contribution is 6.32. The predicted molar refractivity (Wildman–Crippen MR) is 170 cm³/mol. The van der Waals surface area contributed by atoms with E-state index in [1.54, 1.807) is 0 Å². The lowest BCUT2D eigenvalue weighted by Crippen LogP contribution is -2.12. The summed E-state index contributed by atoms with van der Waals surface area (Å²) in [5.41, 5.74) is -24.7. The number of rotatable bonds is 2. The van der Waals surface area contributed by atoms with Crippen LogP contribution in [0, 0.1) is 90.6 Å². The van der Waals surface area contributed by atoms with Crippen molar-refractivity contribution in [2.24, 2.45) is 0 Å². The third kappa shape index (κ3) is 6.38. The third-order valence-corrected chi connectivity index (χ3v) is 8.65. The van der Waals surface area contributed by atoms with Gasteiger partial charge < -0.3 is 0 Å². The number of hydrogen-bond acceptors (Lipinski definition) is 8. The van der Waals surface area contributed by atoms with Gasteiger partial charge in [0.25, 0.3) is 0 Å². The number of hydrogen-bond donors (Lipinski definition) is 0. The highest BCUT2D eigenvalue weighted by atomic mass is 19.4. The van der Waals surface area contributed by atoms with Crippen molar-refractivity contribution in [3.8, 4) is 48.6 Å². The SMILES string of the molecule is N#CC(C#N)=C1C(c2cc(C(F)(F)F)cc(C(F)(F)F)c2)=C(C#N)c2c(C#N)c3c(c(C#N)c21)C(=C(C#N)C#N)C(c1cc(C(F)(F)F)cc(C(F)(F)F)c1)=C3C#N. The summed E-state index contributed by atoms with van der Waals surface area (Å²) >= 11 is 0. The molecule has 0 unspecified atom stereocenters. The summed E-state index contributed by atoms with van der Waals surface area (Å²) in [5, 5.41) is 82.0. The summed E-state index contributed by atoms with van der Waals surface area (Å²) in [7, 11) is 0. The second-order valence-electron chi connectivity index (χ2n) is 11.7. The van der Waals surface area contributed by atoms with Crippen molar-refractivity contribution in [2.45, 2.75) is 24.7 Å². The van der Waals surface area contributed by atoms with Crippen molar-refractivity contribution < 1.29 is 52.7 Å². The lowest BCUT2D eigenvalue weighted by Gasteiger charge is -2.18. The van der Waals surface area contributed by atoms with E-state index in [0.29, 0.717) is 0 Å². The molecule has 8 nitrogen and oxygen atoms in total. The van der Waals surface area contributed by atoms with Gasteiger partial charge in [-0.2, -0.15) is 94.8 Å². The van der Waals surface area contributed by atoms with Gasteiger partial charge in [0.15, 0.2) is 0 Å². The zero-order valence-electron chi connectivity index (χ0n) is 27.6. The van der Waals surface area contributed by atoms with Crippen molar-refractivity contribution in [2.75, 3.05) is 0 Å². The normalized spacial score (nSPS) is 13.5. The average molecular weight is 802 g/mol. The van der Waals surface area contributed by atoms with E-state index in [2.05, 4.69) is 0 Å². The molecule has 2 aliphatic rings. The van der Waals surface area contributed by atoms with Gasteiger partial charge in [0.1, 0.15) is 59.7 Å². The van der Waals surface area contributed by atoms with Crippen molar-refractivity contribution in [1.29, 1.82) is 42.1 Å². The Bertz CT molecular complexity index is 2630. The Morgan fingerprint density at radius 1 is 0.362 bits per heavy atom. The largest absolute Gasteiger partial charge is 0.416 e. The van der Waals surface area contributed by atoms with E-state index in [1.165, 1.54) is 48.6 Å². The first kappa shape index (κ1) is 40.9. The average Bonchev–Trinajstić information content (AvgIpc) is 3.67. The molecule has 2 aliphatic carbocycles. The maximum Gasteiger partial charge on any atom is 0.416 e. The van der Waals surface area contributed by atoms with Crippen LogP contribution in [0.1, 0.15) is 66.8 Å². The van der Waals surface area contributed by atoms with Gasteiger partial charge in [-0.05, 0) is 47.5 Å². The molecule has 0 bridgehead atoms. The molecular formula is C38H6F12N8. The van der Waals surface area contributed by atoms with Crippen LogP contribution in [0.5, 0.6) is 0 Å². The molecule has 3 aromatic carbocycles. The maximum atomic E-state index is 14.0. The van der Waals surface area contributed by atoms with E-state index in [0.717, 1.165) is 0 Å². The first-order valence-electron chi connectivity index (χ1n) is 15.0. The Morgan fingerprint density at radius 2 is 0.621 bits per heavy atom. The van der Waals surface area contributed by atoms with Gasteiger partial charge in [0, 0.05) is 44.5 Å². The quantitative estimate of drug-likeness (QED) is 0.181. The molecule has 0 heterocycles. The monoisotopic (exact) mass is 802 g/mol. The van der Waals surface area contributed by atoms with Gasteiger partial charge in [0.2, 0.25) is 0 Å². The van der Waals surface area contributed by atoms with Crippen LogP contribution in [0.25, 0.3) is 33.4 Å². The summed E-state index contributed by atoms with van der Waals surface area (Å²) in [6.45, 7) is 0. The number of benzene rings is 3. The first-order valence-corrected chi connectivity index (χ1v) is 15.0. The minimum absolute atomic E-state index is 0.0886. The van der Waals surface area contributed by atoms with Gasteiger partial charge in [-0.25, -0.2) is 0 Å². The molecule has 0 atom stereocenters. The Hall–Kier alpha value is -8.30. The van der Waals surface area contributed by atoms with E-state index >= 15 is 0 Å². The summed E-state index contributed by atoms with van der Waals surface area (Å²) in [6.07, 6.45) is -22.0. The fourth-order valence-electron chi connectivity index (χ4n) is 6.50. The number of nitriles is 8. The highest BCUT2D eigenvalue weighted by Gasteiger charge is 2.46. The van der Waals surface area contributed by atoms with Crippen molar-refractivity contribution in [1.82, 2.24) is 0 Å². The van der Waals surface area contributed by atoms with Crippen LogP contribution in [-0.4, -0.2) is 0 Å². The topological polar surface area (TPSA) is 190 Å². The molecule has 0 aliphatic heterocycles. The van der Waals surface area contributed by atoms with Gasteiger partial charge in [-0.15, -0.1) is 0 Å². The fourth-order valence-corrected chi connectivity index (χ4v) is 6.50. The van der Waals surface area contributed by atoms with Crippen molar-refractivity contribution >= 4 is 33.4 Å². The second-order valence-corrected chi connectivity index (χ2v) is 11.7. The molecule has 3 aromatic rings. The summed E-state index contributed by atoms with van der Waals surface area (Å²) in [6, 6.07) is 11.0. The zero-order valence-corrected chi connectivity index (χ0v) is 27.6. The lowest BCUT2D eigenvalue weighted by atomic mass is 9.82. The summed E-state index contributed by atoms with van der Waals surface area (Å²) in [5.74, 6) is 0. The molecule has 0 radical (unpaired) electrons. The van der Waals surface area contributed by atoms with Gasteiger partial charge in [-0.3, -0.25) is 0 Å². The second kappa shape index (κ2) is 13.8. The van der Waals surface area contributed by atoms with E-state index < -0.39 is 136 Å². The minimum Gasteiger partial charge on any atom is -0.192 e. The minimum atomic E-state index is -5.51. The molecule has 5 rings (SSSR count). The molecule has 0 saturated heterocycles. The van der Waals surface area contributed by atoms with Crippen molar-refractivity contribution in [3.63, 3.8) is 0 Å². The molecule has 0 spiro atoms. The molecule has 282 valence electrons. The lowest BCUT2D eigenvalue weighted by molar-refractivity contribution is -0.144. The number of fused-ring (bicyclic) bond motifs is 2. The highest BCUT2D eigenvalue weighted by Crippen LogP contribution is 2.59. The molecule has 0 aromatic heterocycles. The van der Waals surface area contributed by atoms with E-state index in [-0.39, 0.29) is 36.4 Å². The molecule has 0 fully saturated rings. The van der Waals surface area contributed by atoms with Crippen LogP contribution in [-0.2, 0) is 24.7 Å². The van der Waals surface area contributed by atoms with Gasteiger partial charge in [0.05, 0.1) is 44.5 Å². The predicted octanol–water partition coefficient (Wildman–Crippen LogP) is 10.0. The van der Waals surface area contributed by atoms with Gasteiger partial charge in [-0.1, -0.05) is 0 Å². The van der Waals surface area contributed by atoms with Gasteiger partial charge >= 0.3 is 24.7 Å². The maximum absolute atomic E-state index is 14.0. The Labute approximate surface area is 315 Å². The van der Waals surface area contributed by atoms with Crippen LogP contribution >= 0.6 is 0 Å². The molecular weight excluding hydrogens is 796 g/mol. The van der Waals surface area contributed by atoms with E-state index in [1.807, 2.05) is 0 Å². The number of halogens is 12. The number of nitrogens with zero attached hydrogens (tertiary/aromatic N) is 8. The standard InChI is InChI=1S/C38H6F12N8/c39-35(40,41)19-1-15(2-20(5-19)36(42,43)44)27-23(11-55)31-25(13-57)32-24(12-56)28(16-3-21(37(45,46)47)6-22(4-16)38(48,49)50)30(18(9-53)10-54)34(32)26(14-58)33(31)29(27)17(7-51)8-52/h1-6H. The number of allylic oxidation sites excluding steroid dienone is 8.